The Morgan fingerprint density at radius 1 is 0.591 bits per heavy atom. The van der Waals surface area contributed by atoms with E-state index >= 15 is 0 Å². The molecule has 0 aliphatic carbocycles. The van der Waals surface area contributed by atoms with Gasteiger partial charge in [-0.3, -0.25) is 0 Å². The van der Waals surface area contributed by atoms with Gasteiger partial charge in [-0.05, 0) is 0 Å². The van der Waals surface area contributed by atoms with E-state index in [1.807, 2.05) is 0 Å². The van der Waals surface area contributed by atoms with Gasteiger partial charge in [0.15, 0.2) is 0 Å². The van der Waals surface area contributed by atoms with Gasteiger partial charge in [-0.1, -0.05) is 0 Å². The summed E-state index contributed by atoms with van der Waals surface area (Å²) in [6.07, 6.45) is 2.69. The van der Waals surface area contributed by atoms with Crippen LogP contribution in [0, 0.1) is 0 Å². The van der Waals surface area contributed by atoms with Crippen LogP contribution in [0.3, 0.4) is 0 Å². The third-order valence-corrected chi connectivity index (χ3v) is 3.31. The molecule has 0 saturated carbocycles. The zero-order chi connectivity index (χ0) is 18.6. The van der Waals surface area contributed by atoms with E-state index in [2.05, 4.69) is 0 Å². The molecule has 1 fully saturated rings. The van der Waals surface area contributed by atoms with Gasteiger partial charge in [0, 0.05) is 0 Å². The second-order valence-corrected chi connectivity index (χ2v) is 6.33. The maximum atomic E-state index is 9.75. The molecule has 1 aliphatic heterocycles. The predicted octanol–water partition coefficient (Wildman–Crippen LogP) is 4.65. The summed E-state index contributed by atoms with van der Waals surface area (Å²) >= 11 is 1.05. The Morgan fingerprint density at radius 3 is 0.864 bits per heavy atom. The molecule has 132 valence electrons. The maximum absolute atomic E-state index is 9.75. The van der Waals surface area contributed by atoms with E-state index in [9.17, 15) is 51.8 Å². The molecular weight excluding hydrogens is 376 g/mol. The molecule has 1 nitrogen and oxygen atoms in total. The molecular formula is C5H9B3F12KO-3. The summed E-state index contributed by atoms with van der Waals surface area (Å²) in [5.41, 5.74) is 0. The Kier molecular flexibility index (Phi) is 16.8. The van der Waals surface area contributed by atoms with Crippen molar-refractivity contribution in [2.24, 2.45) is 0 Å². The zero-order valence-electron chi connectivity index (χ0n) is 11.1. The number of hydrogen-bond acceptors (Lipinski definition) is 1. The zero-order valence-corrected chi connectivity index (χ0v) is 14.2. The van der Waals surface area contributed by atoms with Crippen molar-refractivity contribution in [3.05, 3.63) is 0 Å². The van der Waals surface area contributed by atoms with Crippen molar-refractivity contribution >= 4 is 70.7 Å². The van der Waals surface area contributed by atoms with Gasteiger partial charge in [0.05, 0.1) is 0 Å². The van der Waals surface area contributed by atoms with Crippen LogP contribution in [0.25, 0.3) is 0 Å². The van der Waals surface area contributed by atoms with E-state index in [4.69, 9.17) is 4.74 Å². The van der Waals surface area contributed by atoms with Crippen LogP contribution in [-0.2, 0) is 4.74 Å². The molecule has 1 aliphatic rings. The van der Waals surface area contributed by atoms with Gasteiger partial charge in [-0.15, -0.1) is 0 Å². The fourth-order valence-electron chi connectivity index (χ4n) is 0.815. The van der Waals surface area contributed by atoms with E-state index in [0.29, 0.717) is 0 Å². The molecule has 0 spiro atoms. The molecule has 22 heavy (non-hydrogen) atoms. The summed E-state index contributed by atoms with van der Waals surface area (Å²) < 4.78 is 123. The normalized spacial score (nSPS) is 16.3. The first-order valence-corrected chi connectivity index (χ1v) is 7.39. The molecule has 0 N–H and O–H groups in total. The number of ether oxygens (including phenoxy) is 1. The van der Waals surface area contributed by atoms with Crippen molar-refractivity contribution < 1.29 is 56.5 Å². The summed E-state index contributed by atoms with van der Waals surface area (Å²) in [7, 11) is -18.0. The minimum atomic E-state index is -6.00. The molecule has 1 heterocycles. The second-order valence-electron chi connectivity index (χ2n) is 3.78. The number of rotatable bonds is 0. The van der Waals surface area contributed by atoms with E-state index in [1.54, 1.807) is 0 Å². The van der Waals surface area contributed by atoms with Gasteiger partial charge in [0.1, 0.15) is 0 Å². The molecule has 0 atom stereocenters. The minimum absolute atomic E-state index is 1.03. The molecule has 17 heteroatoms. The summed E-state index contributed by atoms with van der Waals surface area (Å²) in [6.45, 7) is 2.07. The summed E-state index contributed by atoms with van der Waals surface area (Å²) in [5, 5.41) is 0. The molecule has 1 rings (SSSR count). The molecule has 0 aromatic carbocycles. The Hall–Kier alpha value is 0.951. The fourth-order valence-corrected chi connectivity index (χ4v) is 1.55. The van der Waals surface area contributed by atoms with Crippen molar-refractivity contribution in [3.8, 4) is 0 Å². The third-order valence-electron chi connectivity index (χ3n) is 1.51. The summed E-state index contributed by atoms with van der Waals surface area (Å²) in [6, 6.07) is 0. The average molecular weight is 385 g/mol. The van der Waals surface area contributed by atoms with Crippen LogP contribution in [0.4, 0.5) is 51.8 Å². The monoisotopic (exact) mass is 385 g/mol. The van der Waals surface area contributed by atoms with Gasteiger partial charge in [-0.25, -0.2) is 0 Å². The SMILES string of the molecule is F[B-](F)(F)F.F[B-](F)(F)F.F[B-](F)(F)F.[K][CH]1CCOCC1. The fraction of sp³-hybridized carbons (Fsp3) is 1.00. The topological polar surface area (TPSA) is 9.23 Å². The van der Waals surface area contributed by atoms with Gasteiger partial charge < -0.3 is 51.8 Å². The van der Waals surface area contributed by atoms with Crippen LogP contribution in [0.15, 0.2) is 0 Å². The van der Waals surface area contributed by atoms with Crippen molar-refractivity contribution in [2.75, 3.05) is 13.2 Å². The van der Waals surface area contributed by atoms with Crippen molar-refractivity contribution in [1.82, 2.24) is 0 Å². The van der Waals surface area contributed by atoms with E-state index in [-0.39, 0.29) is 0 Å². The summed E-state index contributed by atoms with van der Waals surface area (Å²) in [5.74, 6) is 0. The van der Waals surface area contributed by atoms with Crippen LogP contribution in [0.1, 0.15) is 12.8 Å². The van der Waals surface area contributed by atoms with Crippen LogP contribution in [0.2, 0.25) is 0.0125 Å². The third kappa shape index (κ3) is 104. The first kappa shape index (κ1) is 27.8. The van der Waals surface area contributed by atoms with Crippen molar-refractivity contribution in [2.45, 2.75) is 12.9 Å². The molecule has 0 aromatic heterocycles. The van der Waals surface area contributed by atoms with E-state index in [0.717, 1.165) is 62.2 Å². The Morgan fingerprint density at radius 2 is 0.773 bits per heavy atom. The van der Waals surface area contributed by atoms with Gasteiger partial charge in [0.2, 0.25) is 0 Å². The van der Waals surface area contributed by atoms with Crippen molar-refractivity contribution in [1.29, 1.82) is 0 Å². The first-order valence-electron chi connectivity index (χ1n) is 5.59. The van der Waals surface area contributed by atoms with Crippen LogP contribution >= 0.6 is 0 Å². The van der Waals surface area contributed by atoms with E-state index in [1.165, 1.54) is 12.8 Å². The molecule has 0 bridgehead atoms. The average Bonchev–Trinajstić information content (AvgIpc) is 2.09. The van der Waals surface area contributed by atoms with Crippen LogP contribution < -0.4 is 0 Å². The molecule has 0 amide bonds. The Bertz CT molecular complexity index is 202. The van der Waals surface area contributed by atoms with Crippen LogP contribution in [-0.4, -0.2) is 83.9 Å². The molecule has 1 saturated heterocycles. The first-order chi connectivity index (χ1) is 9.39. The predicted molar refractivity (Wildman–Crippen MR) is 60.1 cm³/mol. The van der Waals surface area contributed by atoms with E-state index < -0.39 is 21.8 Å². The standard InChI is InChI=1S/C5H9O.3BF4.K/c1-2-4-6-5-3-1;3*2-1(3,4)5;/h1H,2-5H2;;;;/q;3*-1;. The Balaban J connectivity index is -0.000000223. The second kappa shape index (κ2) is 13.3. The molecule has 0 radical (unpaired) electrons. The number of halogens is 12. The quantitative estimate of drug-likeness (QED) is 0.436. The molecule has 0 unspecified atom stereocenters. The Labute approximate surface area is 152 Å². The molecule has 0 aromatic rings. The van der Waals surface area contributed by atoms with Gasteiger partial charge in [-0.2, -0.15) is 0 Å². The van der Waals surface area contributed by atoms with Gasteiger partial charge >= 0.3 is 102 Å². The number of hydrogen-bond donors (Lipinski definition) is 0. The van der Waals surface area contributed by atoms with Crippen molar-refractivity contribution in [3.63, 3.8) is 0 Å². The summed E-state index contributed by atoms with van der Waals surface area (Å²) in [4.78, 5) is 0. The van der Waals surface area contributed by atoms with Crippen LogP contribution in [0.5, 0.6) is 0 Å². The van der Waals surface area contributed by atoms with Gasteiger partial charge in [0.25, 0.3) is 0 Å².